The fraction of sp³-hybridized carbons (Fsp3) is 0.417. The molecule has 0 aliphatic carbocycles. The molecule has 0 saturated carbocycles. The first-order chi connectivity index (χ1) is 6.31. The number of hydrogen-bond acceptors (Lipinski definition) is 1. The monoisotopic (exact) mass is 177 g/mol. The van der Waals surface area contributed by atoms with Crippen molar-refractivity contribution < 1.29 is 0 Å². The summed E-state index contributed by atoms with van der Waals surface area (Å²) < 4.78 is 0. The molecule has 1 heteroatoms. The molecule has 0 aliphatic rings. The number of benzene rings is 1. The Labute approximate surface area is 82.0 Å². The number of nitriles is 1. The molecule has 1 rings (SSSR count). The van der Waals surface area contributed by atoms with E-state index in [0.717, 1.165) is 0 Å². The second kappa shape index (κ2) is 13.3. The summed E-state index contributed by atoms with van der Waals surface area (Å²) in [5, 5.41) is 7.62. The highest BCUT2D eigenvalue weighted by atomic mass is 14.2. The van der Waals surface area contributed by atoms with E-state index < -0.39 is 0 Å². The molecule has 1 aromatic carbocycles. The zero-order valence-electron chi connectivity index (χ0n) is 9.04. The van der Waals surface area contributed by atoms with Gasteiger partial charge in [0.05, 0.1) is 6.07 Å². The van der Waals surface area contributed by atoms with Gasteiger partial charge in [-0.15, -0.1) is 0 Å². The minimum atomic E-state index is 0.625. The molecule has 0 radical (unpaired) electrons. The van der Waals surface area contributed by atoms with Crippen LogP contribution in [0.3, 0.4) is 0 Å². The van der Waals surface area contributed by atoms with Gasteiger partial charge in [-0.1, -0.05) is 56.7 Å². The summed E-state index contributed by atoms with van der Waals surface area (Å²) in [6.45, 7) is 7.90. The summed E-state index contributed by atoms with van der Waals surface area (Å²) in [4.78, 5) is 0. The fourth-order valence-electron chi connectivity index (χ4n) is 0.534. The van der Waals surface area contributed by atoms with Gasteiger partial charge in [0.25, 0.3) is 0 Å². The Hall–Kier alpha value is -1.29. The van der Waals surface area contributed by atoms with Crippen LogP contribution in [-0.2, 0) is 0 Å². The van der Waals surface area contributed by atoms with Crippen molar-refractivity contribution in [3.05, 3.63) is 35.9 Å². The van der Waals surface area contributed by atoms with E-state index in [9.17, 15) is 0 Å². The molecular weight excluding hydrogens is 158 g/mol. The largest absolute Gasteiger partial charge is 0.198 e. The summed E-state index contributed by atoms with van der Waals surface area (Å²) in [5.74, 6) is 0. The van der Waals surface area contributed by atoms with Gasteiger partial charge in [-0.05, 0) is 6.92 Å². The molecule has 0 spiro atoms. The highest BCUT2D eigenvalue weighted by Crippen LogP contribution is 1.92. The molecule has 0 amide bonds. The van der Waals surface area contributed by atoms with E-state index in [4.69, 9.17) is 5.26 Å². The molecule has 0 aromatic heterocycles. The molecule has 0 heterocycles. The van der Waals surface area contributed by atoms with Crippen LogP contribution in [0.4, 0.5) is 0 Å². The highest BCUT2D eigenvalue weighted by molar-refractivity contribution is 5.11. The first kappa shape index (κ1) is 14.2. The molecule has 0 saturated heterocycles. The molecule has 0 atom stereocenters. The van der Waals surface area contributed by atoms with Gasteiger partial charge in [0.1, 0.15) is 0 Å². The minimum absolute atomic E-state index is 0.625. The molecule has 1 aromatic rings. The van der Waals surface area contributed by atoms with Crippen LogP contribution < -0.4 is 0 Å². The molecule has 0 unspecified atom stereocenters. The standard InChI is InChI=1S/C7H8.C3H5N.C2H6/c1-7-5-3-2-4-6-7;1-2-3-4;1-2/h2-6H,1H3;2H2,1H3;1-2H3. The lowest BCUT2D eigenvalue weighted by molar-refractivity contribution is 1.22. The van der Waals surface area contributed by atoms with E-state index in [1.807, 2.05) is 45.0 Å². The van der Waals surface area contributed by atoms with Crippen molar-refractivity contribution in [1.82, 2.24) is 0 Å². The molecule has 13 heavy (non-hydrogen) atoms. The number of aryl methyl sites for hydroxylation is 1. The van der Waals surface area contributed by atoms with Crippen molar-refractivity contribution in [3.63, 3.8) is 0 Å². The summed E-state index contributed by atoms with van der Waals surface area (Å²) in [6.07, 6.45) is 0.625. The van der Waals surface area contributed by atoms with Crippen molar-refractivity contribution in [2.45, 2.75) is 34.1 Å². The average molecular weight is 177 g/mol. The maximum Gasteiger partial charge on any atom is 0.0618 e. The zero-order chi connectivity index (χ0) is 10.5. The summed E-state index contributed by atoms with van der Waals surface area (Å²) >= 11 is 0. The third-order valence-electron chi connectivity index (χ3n) is 1.10. The lowest BCUT2D eigenvalue weighted by atomic mass is 10.2. The second-order valence-corrected chi connectivity index (χ2v) is 2.17. The topological polar surface area (TPSA) is 23.8 Å². The third-order valence-corrected chi connectivity index (χ3v) is 1.10. The number of hydrogen-bond donors (Lipinski definition) is 0. The molecule has 0 aliphatic heterocycles. The zero-order valence-corrected chi connectivity index (χ0v) is 9.04. The smallest absolute Gasteiger partial charge is 0.0618 e. The summed E-state index contributed by atoms with van der Waals surface area (Å²) in [6, 6.07) is 12.2. The van der Waals surface area contributed by atoms with Gasteiger partial charge in [0.2, 0.25) is 0 Å². The van der Waals surface area contributed by atoms with E-state index in [1.165, 1.54) is 5.56 Å². The molecule has 0 N–H and O–H groups in total. The van der Waals surface area contributed by atoms with E-state index in [0.29, 0.717) is 6.42 Å². The fourth-order valence-corrected chi connectivity index (χ4v) is 0.534. The maximum absolute atomic E-state index is 7.62. The third kappa shape index (κ3) is 13.7. The van der Waals surface area contributed by atoms with Crippen molar-refractivity contribution in [2.24, 2.45) is 0 Å². The first-order valence-electron chi connectivity index (χ1n) is 4.69. The van der Waals surface area contributed by atoms with Gasteiger partial charge in [-0.25, -0.2) is 0 Å². The predicted octanol–water partition coefficient (Wildman–Crippen LogP) is 3.94. The molecule has 1 nitrogen and oxygen atoms in total. The maximum atomic E-state index is 7.62. The van der Waals surface area contributed by atoms with E-state index in [1.54, 1.807) is 0 Å². The first-order valence-corrected chi connectivity index (χ1v) is 4.69. The van der Waals surface area contributed by atoms with Crippen LogP contribution >= 0.6 is 0 Å². The van der Waals surface area contributed by atoms with Crippen LogP contribution in [0.25, 0.3) is 0 Å². The van der Waals surface area contributed by atoms with Gasteiger partial charge in [-0.2, -0.15) is 5.26 Å². The Morgan fingerprint density at radius 3 is 1.69 bits per heavy atom. The number of rotatable bonds is 0. The average Bonchev–Trinajstić information content (AvgIpc) is 2.22. The Bertz CT molecular complexity index is 208. The lowest BCUT2D eigenvalue weighted by Gasteiger charge is -1.82. The van der Waals surface area contributed by atoms with Crippen LogP contribution in [0.15, 0.2) is 30.3 Å². The van der Waals surface area contributed by atoms with E-state index >= 15 is 0 Å². The second-order valence-electron chi connectivity index (χ2n) is 2.17. The van der Waals surface area contributed by atoms with Crippen LogP contribution in [0.1, 0.15) is 32.8 Å². The van der Waals surface area contributed by atoms with E-state index in [2.05, 4.69) is 19.1 Å². The SMILES string of the molecule is CC.CCC#N.Cc1ccccc1. The van der Waals surface area contributed by atoms with Crippen molar-refractivity contribution >= 4 is 0 Å². The van der Waals surface area contributed by atoms with Gasteiger partial charge >= 0.3 is 0 Å². The Morgan fingerprint density at radius 2 is 1.54 bits per heavy atom. The molecule has 0 bridgehead atoms. The normalized spacial score (nSPS) is 6.69. The summed E-state index contributed by atoms with van der Waals surface area (Å²) in [7, 11) is 0. The Morgan fingerprint density at radius 1 is 1.15 bits per heavy atom. The molecule has 72 valence electrons. The Kier molecular flexibility index (Phi) is 14.6. The van der Waals surface area contributed by atoms with Gasteiger partial charge < -0.3 is 0 Å². The molecular formula is C12H19N. The van der Waals surface area contributed by atoms with Crippen molar-refractivity contribution in [3.8, 4) is 6.07 Å². The minimum Gasteiger partial charge on any atom is -0.198 e. The van der Waals surface area contributed by atoms with E-state index in [-0.39, 0.29) is 0 Å². The quantitative estimate of drug-likeness (QED) is 0.588. The molecule has 0 fully saturated rings. The van der Waals surface area contributed by atoms with Gasteiger partial charge in [-0.3, -0.25) is 0 Å². The van der Waals surface area contributed by atoms with Crippen LogP contribution in [0.2, 0.25) is 0 Å². The van der Waals surface area contributed by atoms with Gasteiger partial charge in [0, 0.05) is 6.42 Å². The Balaban J connectivity index is 0. The predicted molar refractivity (Wildman–Crippen MR) is 58.4 cm³/mol. The van der Waals surface area contributed by atoms with Crippen LogP contribution in [0.5, 0.6) is 0 Å². The van der Waals surface area contributed by atoms with Crippen molar-refractivity contribution in [2.75, 3.05) is 0 Å². The highest BCUT2D eigenvalue weighted by Gasteiger charge is 1.72. The number of nitrogens with zero attached hydrogens (tertiary/aromatic N) is 1. The summed E-state index contributed by atoms with van der Waals surface area (Å²) in [5.41, 5.74) is 1.32. The lowest BCUT2D eigenvalue weighted by Crippen LogP contribution is -1.62. The van der Waals surface area contributed by atoms with Crippen LogP contribution in [0, 0.1) is 18.3 Å². The van der Waals surface area contributed by atoms with Crippen LogP contribution in [-0.4, -0.2) is 0 Å². The van der Waals surface area contributed by atoms with Gasteiger partial charge in [0.15, 0.2) is 0 Å². The van der Waals surface area contributed by atoms with Crippen molar-refractivity contribution in [1.29, 1.82) is 5.26 Å².